The minimum Gasteiger partial charge on any atom is -0.497 e. The Hall–Kier alpha value is -1.62. The van der Waals surface area contributed by atoms with E-state index in [0.29, 0.717) is 23.4 Å². The summed E-state index contributed by atoms with van der Waals surface area (Å²) in [6.45, 7) is 0. The molecular formula is C16H18ClFN2O. The van der Waals surface area contributed by atoms with Crippen LogP contribution in [-0.2, 0) is 12.8 Å². The molecule has 2 aromatic rings. The van der Waals surface area contributed by atoms with Crippen molar-refractivity contribution >= 4 is 11.6 Å². The van der Waals surface area contributed by atoms with Gasteiger partial charge < -0.3 is 4.74 Å². The molecule has 3 N–H and O–H groups in total. The number of halogens is 2. The van der Waals surface area contributed by atoms with E-state index in [4.69, 9.17) is 22.2 Å². The van der Waals surface area contributed by atoms with Gasteiger partial charge in [-0.1, -0.05) is 23.7 Å². The van der Waals surface area contributed by atoms with Gasteiger partial charge >= 0.3 is 0 Å². The standard InChI is InChI=1S/C16H18ClFN2O/c1-21-15-4-2-3-11(8-15)7-14(20-19)10-12-9-13(17)5-6-16(12)18/h2-6,8-9,14,20H,7,10,19H2,1H3. The van der Waals surface area contributed by atoms with Crippen molar-refractivity contribution < 1.29 is 9.13 Å². The first-order chi connectivity index (χ1) is 10.1. The fourth-order valence-electron chi connectivity index (χ4n) is 2.24. The largest absolute Gasteiger partial charge is 0.497 e. The number of nitrogens with two attached hydrogens (primary N) is 1. The van der Waals surface area contributed by atoms with E-state index < -0.39 is 0 Å². The zero-order valence-corrected chi connectivity index (χ0v) is 12.5. The lowest BCUT2D eigenvalue weighted by atomic mass is 9.99. The van der Waals surface area contributed by atoms with Crippen LogP contribution in [0.25, 0.3) is 0 Å². The van der Waals surface area contributed by atoms with Crippen LogP contribution in [0.1, 0.15) is 11.1 Å². The van der Waals surface area contributed by atoms with E-state index in [0.717, 1.165) is 11.3 Å². The maximum absolute atomic E-state index is 13.8. The summed E-state index contributed by atoms with van der Waals surface area (Å²) in [7, 11) is 1.62. The molecule has 2 aromatic carbocycles. The van der Waals surface area contributed by atoms with E-state index in [-0.39, 0.29) is 11.9 Å². The molecule has 0 aliphatic rings. The molecule has 0 aliphatic heterocycles. The molecule has 1 atom stereocenters. The van der Waals surface area contributed by atoms with Gasteiger partial charge in [0.15, 0.2) is 0 Å². The predicted octanol–water partition coefficient (Wildman–Crippen LogP) is 3.10. The third-order valence-corrected chi connectivity index (χ3v) is 3.56. The summed E-state index contributed by atoms with van der Waals surface area (Å²) in [5, 5.41) is 0.517. The molecule has 0 heterocycles. The van der Waals surface area contributed by atoms with E-state index >= 15 is 0 Å². The summed E-state index contributed by atoms with van der Waals surface area (Å²) < 4.78 is 19.0. The van der Waals surface area contributed by atoms with Gasteiger partial charge in [-0.15, -0.1) is 0 Å². The summed E-state index contributed by atoms with van der Waals surface area (Å²) in [5.41, 5.74) is 4.35. The number of ether oxygens (including phenoxy) is 1. The molecule has 1 unspecified atom stereocenters. The monoisotopic (exact) mass is 308 g/mol. The van der Waals surface area contributed by atoms with Gasteiger partial charge in [-0.3, -0.25) is 11.3 Å². The summed E-state index contributed by atoms with van der Waals surface area (Å²) in [4.78, 5) is 0. The maximum Gasteiger partial charge on any atom is 0.126 e. The number of hydrogen-bond acceptors (Lipinski definition) is 3. The van der Waals surface area contributed by atoms with Crippen molar-refractivity contribution in [2.75, 3.05) is 7.11 Å². The van der Waals surface area contributed by atoms with Crippen LogP contribution in [-0.4, -0.2) is 13.2 Å². The zero-order chi connectivity index (χ0) is 15.2. The van der Waals surface area contributed by atoms with Gasteiger partial charge in [-0.05, 0) is 54.3 Å². The highest BCUT2D eigenvalue weighted by Crippen LogP contribution is 2.19. The van der Waals surface area contributed by atoms with E-state index in [1.165, 1.54) is 12.1 Å². The van der Waals surface area contributed by atoms with Gasteiger partial charge in [0.25, 0.3) is 0 Å². The smallest absolute Gasteiger partial charge is 0.126 e. The van der Waals surface area contributed by atoms with Crippen molar-refractivity contribution in [2.45, 2.75) is 18.9 Å². The average molecular weight is 309 g/mol. The van der Waals surface area contributed by atoms with Crippen LogP contribution < -0.4 is 16.0 Å². The van der Waals surface area contributed by atoms with Crippen molar-refractivity contribution in [1.82, 2.24) is 5.43 Å². The molecule has 2 rings (SSSR count). The Morgan fingerprint density at radius 1 is 1.24 bits per heavy atom. The van der Waals surface area contributed by atoms with Crippen LogP contribution in [0.4, 0.5) is 4.39 Å². The Labute approximate surface area is 128 Å². The average Bonchev–Trinajstić information content (AvgIpc) is 2.50. The minimum atomic E-state index is -0.273. The molecule has 0 spiro atoms. The Morgan fingerprint density at radius 3 is 2.76 bits per heavy atom. The van der Waals surface area contributed by atoms with Gasteiger partial charge in [-0.2, -0.15) is 0 Å². The van der Waals surface area contributed by atoms with Crippen molar-refractivity contribution in [1.29, 1.82) is 0 Å². The Morgan fingerprint density at radius 2 is 2.05 bits per heavy atom. The van der Waals surface area contributed by atoms with Gasteiger partial charge in [0.05, 0.1) is 7.11 Å². The van der Waals surface area contributed by atoms with Crippen LogP contribution in [0, 0.1) is 5.82 Å². The van der Waals surface area contributed by atoms with E-state index in [1.54, 1.807) is 13.2 Å². The Kier molecular flexibility index (Phi) is 5.56. The second-order valence-corrected chi connectivity index (χ2v) is 5.30. The SMILES string of the molecule is COc1cccc(CC(Cc2cc(Cl)ccc2F)NN)c1. The molecule has 0 aromatic heterocycles. The van der Waals surface area contributed by atoms with E-state index in [1.807, 2.05) is 24.3 Å². The molecule has 5 heteroatoms. The van der Waals surface area contributed by atoms with Crippen molar-refractivity contribution in [3.63, 3.8) is 0 Å². The first kappa shape index (κ1) is 15.8. The molecule has 0 aliphatic carbocycles. The first-order valence-corrected chi connectivity index (χ1v) is 7.03. The number of hydrazine groups is 1. The lowest BCUT2D eigenvalue weighted by Crippen LogP contribution is -2.38. The number of benzene rings is 2. The molecule has 0 radical (unpaired) electrons. The zero-order valence-electron chi connectivity index (χ0n) is 11.8. The lowest BCUT2D eigenvalue weighted by Gasteiger charge is -2.17. The number of rotatable bonds is 6. The fourth-order valence-corrected chi connectivity index (χ4v) is 2.43. The molecule has 0 saturated carbocycles. The lowest BCUT2D eigenvalue weighted by molar-refractivity contribution is 0.413. The second kappa shape index (κ2) is 7.41. The van der Waals surface area contributed by atoms with Gasteiger partial charge in [0, 0.05) is 11.1 Å². The number of nitrogens with one attached hydrogen (secondary N) is 1. The van der Waals surface area contributed by atoms with Gasteiger partial charge in [-0.25, -0.2) is 4.39 Å². The maximum atomic E-state index is 13.8. The molecule has 112 valence electrons. The Balaban J connectivity index is 2.10. The highest BCUT2D eigenvalue weighted by Gasteiger charge is 2.13. The van der Waals surface area contributed by atoms with Gasteiger partial charge in [0.1, 0.15) is 11.6 Å². The normalized spacial score (nSPS) is 12.2. The molecular weight excluding hydrogens is 291 g/mol. The third kappa shape index (κ3) is 4.43. The fraction of sp³-hybridized carbons (Fsp3) is 0.250. The topological polar surface area (TPSA) is 47.3 Å². The highest BCUT2D eigenvalue weighted by molar-refractivity contribution is 6.30. The highest BCUT2D eigenvalue weighted by atomic mass is 35.5. The van der Waals surface area contributed by atoms with E-state index in [2.05, 4.69) is 5.43 Å². The quantitative estimate of drug-likeness (QED) is 0.637. The first-order valence-electron chi connectivity index (χ1n) is 6.65. The van der Waals surface area contributed by atoms with E-state index in [9.17, 15) is 4.39 Å². The number of methoxy groups -OCH3 is 1. The molecule has 0 bridgehead atoms. The summed E-state index contributed by atoms with van der Waals surface area (Å²) in [6.07, 6.45) is 1.12. The molecule has 0 saturated heterocycles. The third-order valence-electron chi connectivity index (χ3n) is 3.33. The van der Waals surface area contributed by atoms with Crippen molar-refractivity contribution in [3.05, 3.63) is 64.4 Å². The van der Waals surface area contributed by atoms with Crippen molar-refractivity contribution in [2.24, 2.45) is 5.84 Å². The molecule has 3 nitrogen and oxygen atoms in total. The van der Waals surface area contributed by atoms with Crippen LogP contribution in [0.2, 0.25) is 5.02 Å². The number of hydrogen-bond donors (Lipinski definition) is 2. The molecule has 0 amide bonds. The predicted molar refractivity (Wildman–Crippen MR) is 82.9 cm³/mol. The summed E-state index contributed by atoms with van der Waals surface area (Å²) in [5.74, 6) is 6.11. The van der Waals surface area contributed by atoms with Gasteiger partial charge in [0.2, 0.25) is 0 Å². The molecule has 21 heavy (non-hydrogen) atoms. The minimum absolute atomic E-state index is 0.0925. The van der Waals surface area contributed by atoms with Crippen LogP contribution in [0.15, 0.2) is 42.5 Å². The Bertz CT molecular complexity index is 607. The van der Waals surface area contributed by atoms with Crippen molar-refractivity contribution in [3.8, 4) is 5.75 Å². The van der Waals surface area contributed by atoms with Crippen LogP contribution in [0.5, 0.6) is 5.75 Å². The molecule has 0 fully saturated rings. The summed E-state index contributed by atoms with van der Waals surface area (Å²) in [6, 6.07) is 12.2. The summed E-state index contributed by atoms with van der Waals surface area (Å²) >= 11 is 5.91. The van der Waals surface area contributed by atoms with Crippen LogP contribution >= 0.6 is 11.6 Å². The van der Waals surface area contributed by atoms with Crippen LogP contribution in [0.3, 0.4) is 0 Å². The second-order valence-electron chi connectivity index (χ2n) is 4.86.